The molecule has 29 heavy (non-hydrogen) atoms. The number of hydrogen-bond acceptors (Lipinski definition) is 10. The van der Waals surface area contributed by atoms with Crippen LogP contribution in [0.1, 0.15) is 5.82 Å². The van der Waals surface area contributed by atoms with Crippen molar-refractivity contribution < 1.29 is 8.42 Å². The Kier molecular flexibility index (Phi) is 5.56. The quantitative estimate of drug-likeness (QED) is 0.429. The molecule has 0 spiro atoms. The van der Waals surface area contributed by atoms with Gasteiger partial charge in [-0.1, -0.05) is 41.3 Å². The average Bonchev–Trinajstić information content (AvgIpc) is 3.36. The number of aromatic nitrogens is 6. The fourth-order valence-electron chi connectivity index (χ4n) is 2.42. The van der Waals surface area contributed by atoms with E-state index in [1.54, 1.807) is 16.8 Å². The third kappa shape index (κ3) is 4.78. The van der Waals surface area contributed by atoms with E-state index in [0.29, 0.717) is 22.4 Å². The molecule has 0 fully saturated rings. The largest absolute Gasteiger partial charge is 0.330 e. The van der Waals surface area contributed by atoms with E-state index in [9.17, 15) is 8.42 Å². The Balaban J connectivity index is 1.44. The van der Waals surface area contributed by atoms with Crippen LogP contribution >= 0.6 is 23.1 Å². The Hall–Kier alpha value is -2.83. The van der Waals surface area contributed by atoms with Gasteiger partial charge in [0.1, 0.15) is 0 Å². The number of benzene rings is 2. The Labute approximate surface area is 175 Å². The molecule has 2 aromatic heterocycles. The Morgan fingerprint density at radius 1 is 1.03 bits per heavy atom. The van der Waals surface area contributed by atoms with Crippen molar-refractivity contribution in [2.75, 3.05) is 11.6 Å². The van der Waals surface area contributed by atoms with Crippen molar-refractivity contribution in [1.82, 2.24) is 30.4 Å². The third-order valence-electron chi connectivity index (χ3n) is 3.80. The minimum absolute atomic E-state index is 0.248. The van der Waals surface area contributed by atoms with E-state index >= 15 is 0 Å². The van der Waals surface area contributed by atoms with Gasteiger partial charge in [0, 0.05) is 11.9 Å². The summed E-state index contributed by atoms with van der Waals surface area (Å²) < 4.78 is 25.6. The number of nitrogens with one attached hydrogen (secondary N) is 1. The number of tetrazole rings is 1. The molecule has 12 heteroatoms. The van der Waals surface area contributed by atoms with Gasteiger partial charge >= 0.3 is 0 Å². The van der Waals surface area contributed by atoms with Gasteiger partial charge in [-0.15, -0.1) is 15.3 Å². The predicted octanol–water partition coefficient (Wildman–Crippen LogP) is 2.95. The monoisotopic (exact) mass is 445 g/mol. The SMILES string of the molecule is CS(=O)(=O)c1ccc(-n2nnnc2CSc2nnc(Nc3ccccc3)s2)cc1. The van der Waals surface area contributed by atoms with Crippen LogP contribution < -0.4 is 5.32 Å². The summed E-state index contributed by atoms with van der Waals surface area (Å²) >= 11 is 2.91. The van der Waals surface area contributed by atoms with Gasteiger partial charge in [-0.05, 0) is 46.8 Å². The van der Waals surface area contributed by atoms with E-state index in [0.717, 1.165) is 10.0 Å². The van der Waals surface area contributed by atoms with Crippen LogP contribution in [-0.4, -0.2) is 45.1 Å². The summed E-state index contributed by atoms with van der Waals surface area (Å²) in [6.07, 6.45) is 1.17. The second kappa shape index (κ2) is 8.27. The summed E-state index contributed by atoms with van der Waals surface area (Å²) in [4.78, 5) is 0.248. The lowest BCUT2D eigenvalue weighted by Gasteiger charge is -2.04. The molecule has 0 saturated carbocycles. The first-order valence-electron chi connectivity index (χ1n) is 8.35. The smallest absolute Gasteiger partial charge is 0.210 e. The number of nitrogens with zero attached hydrogens (tertiary/aromatic N) is 6. The summed E-state index contributed by atoms with van der Waals surface area (Å²) in [7, 11) is -3.25. The number of sulfone groups is 1. The van der Waals surface area contributed by atoms with Crippen LogP contribution in [0.5, 0.6) is 0 Å². The molecule has 0 amide bonds. The average molecular weight is 446 g/mol. The molecular formula is C17H15N7O2S3. The second-order valence-corrected chi connectivity index (χ2v) is 10.1. The van der Waals surface area contributed by atoms with Crippen LogP contribution in [0.2, 0.25) is 0 Å². The number of hydrogen-bond donors (Lipinski definition) is 1. The zero-order valence-electron chi connectivity index (χ0n) is 15.1. The molecule has 0 saturated heterocycles. The van der Waals surface area contributed by atoms with E-state index < -0.39 is 9.84 Å². The van der Waals surface area contributed by atoms with Gasteiger partial charge in [-0.3, -0.25) is 0 Å². The highest BCUT2D eigenvalue weighted by Gasteiger charge is 2.13. The third-order valence-corrected chi connectivity index (χ3v) is 6.90. The maximum absolute atomic E-state index is 11.6. The molecule has 0 unspecified atom stereocenters. The molecule has 0 aliphatic rings. The van der Waals surface area contributed by atoms with E-state index in [-0.39, 0.29) is 4.90 Å². The van der Waals surface area contributed by atoms with Gasteiger partial charge in [0.05, 0.1) is 16.3 Å². The van der Waals surface area contributed by atoms with E-state index in [1.807, 2.05) is 30.3 Å². The van der Waals surface area contributed by atoms with Crippen molar-refractivity contribution in [2.45, 2.75) is 15.0 Å². The maximum Gasteiger partial charge on any atom is 0.210 e. The topological polar surface area (TPSA) is 116 Å². The van der Waals surface area contributed by atoms with Crippen molar-refractivity contribution >= 4 is 43.8 Å². The molecule has 2 aromatic carbocycles. The molecule has 9 nitrogen and oxygen atoms in total. The highest BCUT2D eigenvalue weighted by molar-refractivity contribution is 8.00. The van der Waals surface area contributed by atoms with Crippen molar-refractivity contribution in [1.29, 1.82) is 0 Å². The predicted molar refractivity (Wildman–Crippen MR) is 111 cm³/mol. The van der Waals surface area contributed by atoms with E-state index in [2.05, 4.69) is 31.0 Å². The van der Waals surface area contributed by atoms with E-state index in [1.165, 1.54) is 41.5 Å². The van der Waals surface area contributed by atoms with Crippen LogP contribution in [0.25, 0.3) is 5.69 Å². The van der Waals surface area contributed by atoms with Gasteiger partial charge in [0.2, 0.25) is 5.13 Å². The first-order chi connectivity index (χ1) is 14.0. The molecule has 4 aromatic rings. The highest BCUT2D eigenvalue weighted by atomic mass is 32.2. The normalized spacial score (nSPS) is 11.5. The zero-order valence-corrected chi connectivity index (χ0v) is 17.6. The molecule has 0 atom stereocenters. The molecule has 0 aliphatic carbocycles. The van der Waals surface area contributed by atoms with Crippen molar-refractivity contribution in [3.05, 3.63) is 60.4 Å². The standard InChI is InChI=1S/C17H15N7O2S3/c1-29(25,26)14-9-7-13(8-10-14)24-15(19-22-23-24)11-27-17-21-20-16(28-17)18-12-5-3-2-4-6-12/h2-10H,11H2,1H3,(H,18,20). The number of anilines is 2. The Bertz CT molecular complexity index is 1210. The first kappa shape index (κ1) is 19.5. The lowest BCUT2D eigenvalue weighted by atomic mass is 10.3. The molecule has 0 bridgehead atoms. The van der Waals surface area contributed by atoms with E-state index in [4.69, 9.17) is 0 Å². The number of rotatable bonds is 7. The van der Waals surface area contributed by atoms with Crippen LogP contribution in [0.15, 0.2) is 63.8 Å². The Morgan fingerprint density at radius 3 is 2.52 bits per heavy atom. The molecule has 2 heterocycles. The molecule has 0 radical (unpaired) electrons. The second-order valence-electron chi connectivity index (χ2n) is 5.93. The Morgan fingerprint density at radius 2 is 1.79 bits per heavy atom. The van der Waals surface area contributed by atoms with Crippen LogP contribution in [0.4, 0.5) is 10.8 Å². The summed E-state index contributed by atoms with van der Waals surface area (Å²) in [6.45, 7) is 0. The lowest BCUT2D eigenvalue weighted by molar-refractivity contribution is 0.602. The van der Waals surface area contributed by atoms with Crippen LogP contribution in [0, 0.1) is 0 Å². The first-order valence-corrected chi connectivity index (χ1v) is 12.0. The van der Waals surface area contributed by atoms with Crippen molar-refractivity contribution in [3.63, 3.8) is 0 Å². The molecule has 148 valence electrons. The maximum atomic E-state index is 11.6. The highest BCUT2D eigenvalue weighted by Crippen LogP contribution is 2.29. The summed E-state index contributed by atoms with van der Waals surface area (Å²) in [6, 6.07) is 16.2. The van der Waals surface area contributed by atoms with Gasteiger partial charge in [0.25, 0.3) is 0 Å². The van der Waals surface area contributed by atoms with Crippen LogP contribution in [0.3, 0.4) is 0 Å². The lowest BCUT2D eigenvalue weighted by Crippen LogP contribution is -2.03. The van der Waals surface area contributed by atoms with Gasteiger partial charge in [0.15, 0.2) is 20.0 Å². The summed E-state index contributed by atoms with van der Waals surface area (Å²) in [5.74, 6) is 1.11. The fourth-order valence-corrected chi connectivity index (χ4v) is 4.73. The van der Waals surface area contributed by atoms with Gasteiger partial charge in [-0.25, -0.2) is 8.42 Å². The van der Waals surface area contributed by atoms with Crippen molar-refractivity contribution in [2.24, 2.45) is 0 Å². The minimum Gasteiger partial charge on any atom is -0.330 e. The molecular weight excluding hydrogens is 430 g/mol. The molecule has 0 aliphatic heterocycles. The number of thioether (sulfide) groups is 1. The van der Waals surface area contributed by atoms with Crippen LogP contribution in [-0.2, 0) is 15.6 Å². The fraction of sp³-hybridized carbons (Fsp3) is 0.118. The van der Waals surface area contributed by atoms with Crippen molar-refractivity contribution in [3.8, 4) is 5.69 Å². The zero-order chi connectivity index (χ0) is 20.3. The summed E-state index contributed by atoms with van der Waals surface area (Å²) in [5.41, 5.74) is 1.63. The van der Waals surface area contributed by atoms with Gasteiger partial charge < -0.3 is 5.32 Å². The minimum atomic E-state index is -3.25. The molecule has 1 N–H and O–H groups in total. The summed E-state index contributed by atoms with van der Waals surface area (Å²) in [5, 5.41) is 24.0. The number of para-hydroxylation sites is 1. The molecule has 4 rings (SSSR count). The van der Waals surface area contributed by atoms with Gasteiger partial charge in [-0.2, -0.15) is 4.68 Å².